The molecule has 0 saturated heterocycles. The third kappa shape index (κ3) is 2.31. The van der Waals surface area contributed by atoms with Gasteiger partial charge in [0, 0.05) is 0 Å². The Morgan fingerprint density at radius 3 is 2.25 bits per heavy atom. The van der Waals surface area contributed by atoms with Crippen molar-refractivity contribution in [1.29, 1.82) is 0 Å². The van der Waals surface area contributed by atoms with E-state index < -0.39 is 17.5 Å². The molecule has 0 fully saturated rings. The van der Waals surface area contributed by atoms with E-state index in [1.165, 1.54) is 6.92 Å². The molecule has 1 aromatic carbocycles. The van der Waals surface area contributed by atoms with Gasteiger partial charge in [-0.2, -0.15) is 0 Å². The average molecular weight is 220 g/mol. The van der Waals surface area contributed by atoms with Crippen LogP contribution in [0.2, 0.25) is 0 Å². The molecule has 3 heteroatoms. The molecule has 0 aliphatic heterocycles. The number of carboxylic acids is 1. The fourth-order valence-corrected chi connectivity index (χ4v) is 1.87. The summed E-state index contributed by atoms with van der Waals surface area (Å²) in [5.74, 6) is -2.07. The van der Waals surface area contributed by atoms with Gasteiger partial charge in [0.25, 0.3) is 0 Å². The predicted octanol–water partition coefficient (Wildman–Crippen LogP) is 2.17. The molecule has 16 heavy (non-hydrogen) atoms. The normalized spacial score (nSPS) is 16.2. The van der Waals surface area contributed by atoms with Crippen LogP contribution in [0.3, 0.4) is 0 Å². The molecular weight excluding hydrogens is 204 g/mol. The van der Waals surface area contributed by atoms with E-state index in [1.807, 2.05) is 6.07 Å². The summed E-state index contributed by atoms with van der Waals surface area (Å²) in [6, 6.07) is 8.76. The highest BCUT2D eigenvalue weighted by Crippen LogP contribution is 2.33. The van der Waals surface area contributed by atoms with Gasteiger partial charge in [0.05, 0.1) is 0 Å². The summed E-state index contributed by atoms with van der Waals surface area (Å²) in [5, 5.41) is 19.5. The first-order chi connectivity index (χ1) is 7.37. The second kappa shape index (κ2) is 4.49. The lowest BCUT2D eigenvalue weighted by Crippen LogP contribution is -2.37. The Morgan fingerprint density at radius 1 is 1.38 bits per heavy atom. The zero-order chi connectivity index (χ0) is 12.3. The molecule has 0 bridgehead atoms. The molecule has 0 aliphatic rings. The smallest absolute Gasteiger partial charge is 0.313 e. The Labute approximate surface area is 95.0 Å². The van der Waals surface area contributed by atoms with Crippen LogP contribution in [0.4, 0.5) is 0 Å². The molecule has 0 radical (unpaired) electrons. The molecule has 0 amide bonds. The van der Waals surface area contributed by atoms with E-state index >= 15 is 0 Å². The molecule has 3 nitrogen and oxygen atoms in total. The lowest BCUT2D eigenvalue weighted by atomic mass is 9.79. The van der Waals surface area contributed by atoms with E-state index in [9.17, 15) is 9.90 Å². The van der Waals surface area contributed by atoms with Gasteiger partial charge in [-0.3, -0.25) is 4.79 Å². The van der Waals surface area contributed by atoms with Crippen molar-refractivity contribution in [3.05, 3.63) is 48.0 Å². The molecular formula is C13H16O3. The maximum atomic E-state index is 11.1. The molecule has 0 aromatic heterocycles. The zero-order valence-electron chi connectivity index (χ0n) is 9.47. The Balaban J connectivity index is 3.18. The second-order valence-corrected chi connectivity index (χ2v) is 4.13. The monoisotopic (exact) mass is 220 g/mol. The number of carboxylic acid groups (broad SMARTS) is 1. The first-order valence-electron chi connectivity index (χ1n) is 5.03. The van der Waals surface area contributed by atoms with E-state index in [1.54, 1.807) is 31.2 Å². The molecule has 0 heterocycles. The van der Waals surface area contributed by atoms with Crippen LogP contribution in [0, 0.1) is 5.92 Å². The Kier molecular flexibility index (Phi) is 3.50. The summed E-state index contributed by atoms with van der Waals surface area (Å²) in [5.41, 5.74) is -0.439. The van der Waals surface area contributed by atoms with Crippen LogP contribution < -0.4 is 0 Å². The highest BCUT2D eigenvalue weighted by atomic mass is 16.4. The number of benzene rings is 1. The molecule has 86 valence electrons. The summed E-state index contributed by atoms with van der Waals surface area (Å²) in [6.45, 7) is 6.73. The van der Waals surface area contributed by atoms with E-state index in [2.05, 4.69) is 6.58 Å². The first-order valence-corrected chi connectivity index (χ1v) is 5.03. The molecule has 2 N–H and O–H groups in total. The first kappa shape index (κ1) is 12.5. The third-order valence-corrected chi connectivity index (χ3v) is 2.66. The van der Waals surface area contributed by atoms with Gasteiger partial charge in [0.2, 0.25) is 0 Å². The highest BCUT2D eigenvalue weighted by Gasteiger charge is 2.39. The maximum absolute atomic E-state index is 11.1. The highest BCUT2D eigenvalue weighted by molar-refractivity contribution is 5.75. The van der Waals surface area contributed by atoms with Gasteiger partial charge in [0.15, 0.2) is 0 Å². The van der Waals surface area contributed by atoms with Gasteiger partial charge in [-0.05, 0) is 19.4 Å². The maximum Gasteiger partial charge on any atom is 0.313 e. The Hall–Kier alpha value is -1.61. The van der Waals surface area contributed by atoms with Gasteiger partial charge < -0.3 is 10.2 Å². The Morgan fingerprint density at radius 2 is 1.88 bits per heavy atom. The average Bonchev–Trinajstić information content (AvgIpc) is 2.17. The largest absolute Gasteiger partial charge is 0.481 e. The molecule has 1 aromatic rings. The number of carbonyl (C=O) groups is 1. The van der Waals surface area contributed by atoms with Crippen LogP contribution >= 0.6 is 0 Å². The van der Waals surface area contributed by atoms with Gasteiger partial charge in [-0.25, -0.2) is 0 Å². The fraction of sp³-hybridized carbons (Fsp3) is 0.308. The van der Waals surface area contributed by atoms with Crippen molar-refractivity contribution in [2.24, 2.45) is 5.92 Å². The third-order valence-electron chi connectivity index (χ3n) is 2.66. The quantitative estimate of drug-likeness (QED) is 0.764. The Bertz CT molecular complexity index is 379. The second-order valence-electron chi connectivity index (χ2n) is 4.13. The minimum atomic E-state index is -1.45. The number of aliphatic hydroxyl groups is 1. The van der Waals surface area contributed by atoms with Crippen molar-refractivity contribution < 1.29 is 15.0 Å². The van der Waals surface area contributed by atoms with Gasteiger partial charge in [-0.15, -0.1) is 0 Å². The van der Waals surface area contributed by atoms with Crippen LogP contribution in [0.25, 0.3) is 0 Å². The molecule has 2 unspecified atom stereocenters. The fourth-order valence-electron chi connectivity index (χ4n) is 1.87. The summed E-state index contributed by atoms with van der Waals surface area (Å²) in [4.78, 5) is 11.1. The predicted molar refractivity (Wildman–Crippen MR) is 62.0 cm³/mol. The SMILES string of the molecule is C=C(C)C(C(=O)O)C(C)(O)c1ccccc1. The molecule has 0 aliphatic carbocycles. The minimum absolute atomic E-state index is 0.432. The van der Waals surface area contributed by atoms with Crippen LogP contribution in [-0.4, -0.2) is 16.2 Å². The van der Waals surface area contributed by atoms with E-state index in [4.69, 9.17) is 5.11 Å². The molecule has 0 spiro atoms. The van der Waals surface area contributed by atoms with Gasteiger partial charge in [0.1, 0.15) is 11.5 Å². The summed E-state index contributed by atoms with van der Waals surface area (Å²) in [6.07, 6.45) is 0. The van der Waals surface area contributed by atoms with Crippen molar-refractivity contribution in [2.45, 2.75) is 19.4 Å². The van der Waals surface area contributed by atoms with Crippen LogP contribution in [0.1, 0.15) is 19.4 Å². The number of rotatable bonds is 4. The van der Waals surface area contributed by atoms with Crippen LogP contribution in [0.15, 0.2) is 42.5 Å². The molecule has 2 atom stereocenters. The van der Waals surface area contributed by atoms with Crippen molar-refractivity contribution in [2.75, 3.05) is 0 Å². The van der Waals surface area contributed by atoms with Crippen LogP contribution in [0.5, 0.6) is 0 Å². The number of hydrogen-bond donors (Lipinski definition) is 2. The zero-order valence-corrected chi connectivity index (χ0v) is 9.47. The van der Waals surface area contributed by atoms with E-state index in [0.717, 1.165) is 0 Å². The van der Waals surface area contributed by atoms with Crippen molar-refractivity contribution in [3.8, 4) is 0 Å². The number of hydrogen-bond acceptors (Lipinski definition) is 2. The van der Waals surface area contributed by atoms with Gasteiger partial charge in [-0.1, -0.05) is 42.5 Å². The lowest BCUT2D eigenvalue weighted by molar-refractivity contribution is -0.148. The molecule has 0 saturated carbocycles. The standard InChI is InChI=1S/C13H16O3/c1-9(2)11(12(14)15)13(3,16)10-7-5-4-6-8-10/h4-8,11,16H,1H2,2-3H3,(H,14,15). The van der Waals surface area contributed by atoms with E-state index in [-0.39, 0.29) is 0 Å². The van der Waals surface area contributed by atoms with E-state index in [0.29, 0.717) is 11.1 Å². The lowest BCUT2D eigenvalue weighted by Gasteiger charge is -2.30. The minimum Gasteiger partial charge on any atom is -0.481 e. The summed E-state index contributed by atoms with van der Waals surface area (Å²) >= 11 is 0. The van der Waals surface area contributed by atoms with Gasteiger partial charge >= 0.3 is 5.97 Å². The summed E-state index contributed by atoms with van der Waals surface area (Å²) in [7, 11) is 0. The topological polar surface area (TPSA) is 57.5 Å². The van der Waals surface area contributed by atoms with Crippen LogP contribution in [-0.2, 0) is 10.4 Å². The van der Waals surface area contributed by atoms with Crippen molar-refractivity contribution in [1.82, 2.24) is 0 Å². The number of aliphatic carboxylic acids is 1. The van der Waals surface area contributed by atoms with Crippen molar-refractivity contribution in [3.63, 3.8) is 0 Å². The molecule has 1 rings (SSSR count). The summed E-state index contributed by atoms with van der Waals surface area (Å²) < 4.78 is 0. The van der Waals surface area contributed by atoms with Crippen molar-refractivity contribution >= 4 is 5.97 Å².